The minimum atomic E-state index is -0.326. The molecule has 1 atom stereocenters. The first-order valence-corrected chi connectivity index (χ1v) is 10.9. The fourth-order valence-electron chi connectivity index (χ4n) is 3.37. The molecule has 0 radical (unpaired) electrons. The van der Waals surface area contributed by atoms with Crippen LogP contribution in [0.5, 0.6) is 0 Å². The molecule has 0 fully saturated rings. The third-order valence-electron chi connectivity index (χ3n) is 5.35. The molecule has 0 saturated heterocycles. The fraction of sp³-hybridized carbons (Fsp3) is 0.103. The zero-order valence-electron chi connectivity index (χ0n) is 18.7. The van der Waals surface area contributed by atoms with Crippen molar-refractivity contribution in [2.75, 3.05) is 12.4 Å². The average Bonchev–Trinajstić information content (AvgIpc) is 2.88. The Morgan fingerprint density at radius 2 is 1.45 bits per heavy atom. The number of hydrogen-bond donors (Lipinski definition) is 2. The second kappa shape index (κ2) is 10.4. The molecule has 4 aromatic rings. The molecule has 0 saturated carbocycles. The second-order valence-corrected chi connectivity index (χ2v) is 7.66. The lowest BCUT2D eigenvalue weighted by molar-refractivity contribution is -0.117. The minimum Gasteiger partial charge on any atom is -0.309 e. The Hall–Kier alpha value is -4.20. The predicted octanol–water partition coefficient (Wildman–Crippen LogP) is 5.36. The van der Waals surface area contributed by atoms with Gasteiger partial charge in [-0.3, -0.25) is 4.79 Å². The molecular formula is C29H25N3O. The van der Waals surface area contributed by atoms with E-state index in [4.69, 9.17) is 0 Å². The summed E-state index contributed by atoms with van der Waals surface area (Å²) >= 11 is 0. The zero-order chi connectivity index (χ0) is 23.0. The Morgan fingerprint density at radius 1 is 0.788 bits per heavy atom. The molecular weight excluding hydrogens is 406 g/mol. The van der Waals surface area contributed by atoms with Crippen LogP contribution in [-0.2, 0) is 4.79 Å². The van der Waals surface area contributed by atoms with Crippen LogP contribution in [0.25, 0.3) is 22.3 Å². The van der Waals surface area contributed by atoms with Crippen LogP contribution >= 0.6 is 0 Å². The van der Waals surface area contributed by atoms with E-state index >= 15 is 0 Å². The number of rotatable bonds is 5. The lowest BCUT2D eigenvalue weighted by atomic mass is 9.98. The van der Waals surface area contributed by atoms with Gasteiger partial charge in [0.1, 0.15) is 11.5 Å². The molecule has 0 spiro atoms. The Kier molecular flexibility index (Phi) is 6.94. The van der Waals surface area contributed by atoms with Gasteiger partial charge in [-0.15, -0.1) is 0 Å². The van der Waals surface area contributed by atoms with Crippen LogP contribution in [0, 0.1) is 11.8 Å². The van der Waals surface area contributed by atoms with Gasteiger partial charge >= 0.3 is 0 Å². The summed E-state index contributed by atoms with van der Waals surface area (Å²) in [6.07, 6.45) is 0. The number of nitrogens with zero attached hydrogens (tertiary/aromatic N) is 1. The predicted molar refractivity (Wildman–Crippen MR) is 135 cm³/mol. The van der Waals surface area contributed by atoms with E-state index in [1.807, 2.05) is 66.7 Å². The van der Waals surface area contributed by atoms with E-state index in [0.717, 1.165) is 27.8 Å². The molecule has 2 N–H and O–H groups in total. The molecule has 0 aliphatic rings. The summed E-state index contributed by atoms with van der Waals surface area (Å²) in [5, 5.41) is 5.80. The first-order valence-electron chi connectivity index (χ1n) is 10.9. The number of aromatic nitrogens is 1. The fourth-order valence-corrected chi connectivity index (χ4v) is 3.37. The van der Waals surface area contributed by atoms with Crippen LogP contribution < -0.4 is 10.6 Å². The van der Waals surface area contributed by atoms with Crippen molar-refractivity contribution in [2.24, 2.45) is 0 Å². The summed E-state index contributed by atoms with van der Waals surface area (Å²) in [7, 11) is 1.75. The topological polar surface area (TPSA) is 54.0 Å². The number of nitrogens with one attached hydrogen (secondary N) is 2. The van der Waals surface area contributed by atoms with Gasteiger partial charge in [-0.05, 0) is 66.9 Å². The van der Waals surface area contributed by atoms with E-state index in [1.54, 1.807) is 14.0 Å². The number of pyridine rings is 1. The Balaban J connectivity index is 1.76. The van der Waals surface area contributed by atoms with Crippen molar-refractivity contribution in [2.45, 2.75) is 13.0 Å². The number of likely N-dealkylation sites (N-methyl/N-ethyl adjacent to an activating group) is 1. The average molecular weight is 432 g/mol. The van der Waals surface area contributed by atoms with Gasteiger partial charge in [-0.1, -0.05) is 72.7 Å². The largest absolute Gasteiger partial charge is 0.309 e. The third kappa shape index (κ3) is 5.54. The van der Waals surface area contributed by atoms with Crippen molar-refractivity contribution in [3.05, 3.63) is 108 Å². The normalized spacial score (nSPS) is 11.2. The maximum Gasteiger partial charge on any atom is 0.242 e. The van der Waals surface area contributed by atoms with Crippen molar-refractivity contribution < 1.29 is 4.79 Å². The highest BCUT2D eigenvalue weighted by Crippen LogP contribution is 2.28. The van der Waals surface area contributed by atoms with Crippen LogP contribution in [0.2, 0.25) is 0 Å². The summed E-state index contributed by atoms with van der Waals surface area (Å²) in [6.45, 7) is 1.80. The zero-order valence-corrected chi connectivity index (χ0v) is 18.7. The lowest BCUT2D eigenvalue weighted by Crippen LogP contribution is -2.35. The molecule has 33 heavy (non-hydrogen) atoms. The molecule has 4 nitrogen and oxygen atoms in total. The highest BCUT2D eigenvalue weighted by atomic mass is 16.2. The highest BCUT2D eigenvalue weighted by molar-refractivity contribution is 5.94. The molecule has 0 aliphatic heterocycles. The molecule has 1 amide bonds. The van der Waals surface area contributed by atoms with Crippen molar-refractivity contribution >= 4 is 11.7 Å². The van der Waals surface area contributed by atoms with Gasteiger partial charge in [0, 0.05) is 11.1 Å². The molecule has 162 valence electrons. The van der Waals surface area contributed by atoms with Gasteiger partial charge < -0.3 is 10.6 Å². The number of anilines is 1. The Labute approximate surface area is 194 Å². The number of carbonyl (C=O) groups excluding carboxylic acids is 1. The van der Waals surface area contributed by atoms with E-state index < -0.39 is 0 Å². The third-order valence-corrected chi connectivity index (χ3v) is 5.35. The second-order valence-electron chi connectivity index (χ2n) is 7.66. The van der Waals surface area contributed by atoms with Crippen LogP contribution in [0.1, 0.15) is 18.2 Å². The lowest BCUT2D eigenvalue weighted by Gasteiger charge is -2.12. The Morgan fingerprint density at radius 3 is 2.18 bits per heavy atom. The van der Waals surface area contributed by atoms with E-state index in [2.05, 4.69) is 57.8 Å². The molecule has 3 aromatic carbocycles. The Bertz CT molecular complexity index is 1310. The molecule has 4 rings (SSSR count). The van der Waals surface area contributed by atoms with Crippen LogP contribution in [0.4, 0.5) is 5.82 Å². The van der Waals surface area contributed by atoms with E-state index in [-0.39, 0.29) is 11.9 Å². The van der Waals surface area contributed by atoms with Crippen LogP contribution in [0.3, 0.4) is 0 Å². The van der Waals surface area contributed by atoms with Crippen molar-refractivity contribution in [1.29, 1.82) is 0 Å². The first kappa shape index (κ1) is 22.0. The van der Waals surface area contributed by atoms with Gasteiger partial charge in [-0.2, -0.15) is 0 Å². The van der Waals surface area contributed by atoms with Crippen LogP contribution in [0.15, 0.2) is 97.1 Å². The number of carbonyl (C=O) groups is 1. The van der Waals surface area contributed by atoms with Gasteiger partial charge in [-0.25, -0.2) is 4.98 Å². The molecule has 0 bridgehead atoms. The molecule has 1 unspecified atom stereocenters. The maximum absolute atomic E-state index is 12.3. The van der Waals surface area contributed by atoms with E-state index in [9.17, 15) is 4.79 Å². The van der Waals surface area contributed by atoms with Crippen molar-refractivity contribution in [3.8, 4) is 34.1 Å². The van der Waals surface area contributed by atoms with Crippen molar-refractivity contribution in [3.63, 3.8) is 0 Å². The smallest absolute Gasteiger partial charge is 0.242 e. The molecule has 4 heteroatoms. The SMILES string of the molecule is CNC(C)C(=O)Nc1ccc(-c2cccc(-c3ccccc3)c2)c(C#Cc2ccccc2)n1. The molecule has 0 aliphatic carbocycles. The minimum absolute atomic E-state index is 0.147. The van der Waals surface area contributed by atoms with E-state index in [0.29, 0.717) is 11.5 Å². The number of benzene rings is 3. The van der Waals surface area contributed by atoms with Gasteiger partial charge in [0.15, 0.2) is 0 Å². The summed E-state index contributed by atoms with van der Waals surface area (Å²) < 4.78 is 0. The van der Waals surface area contributed by atoms with Gasteiger partial charge in [0.25, 0.3) is 0 Å². The number of amides is 1. The maximum atomic E-state index is 12.3. The standard InChI is InChI=1S/C29H25N3O/c1-21(30-2)29(33)32-28-19-17-26(27(31-28)18-16-22-10-5-3-6-11-22)25-15-9-14-24(20-25)23-12-7-4-8-13-23/h3-15,17,19-21,30H,1-2H3,(H,31,32,33). The molecule has 1 heterocycles. The summed E-state index contributed by atoms with van der Waals surface area (Å²) in [6, 6.07) is 31.8. The van der Waals surface area contributed by atoms with Gasteiger partial charge in [0.05, 0.1) is 6.04 Å². The summed E-state index contributed by atoms with van der Waals surface area (Å²) in [5.74, 6) is 6.74. The van der Waals surface area contributed by atoms with Gasteiger partial charge in [0.2, 0.25) is 5.91 Å². The summed E-state index contributed by atoms with van der Waals surface area (Å²) in [4.78, 5) is 17.0. The van der Waals surface area contributed by atoms with Crippen LogP contribution in [-0.4, -0.2) is 24.0 Å². The summed E-state index contributed by atoms with van der Waals surface area (Å²) in [5.41, 5.74) is 5.71. The first-order chi connectivity index (χ1) is 16.1. The number of hydrogen-bond acceptors (Lipinski definition) is 3. The quantitative estimate of drug-likeness (QED) is 0.418. The molecule has 1 aromatic heterocycles. The van der Waals surface area contributed by atoms with Crippen molar-refractivity contribution in [1.82, 2.24) is 10.3 Å². The highest BCUT2D eigenvalue weighted by Gasteiger charge is 2.13. The monoisotopic (exact) mass is 431 g/mol. The van der Waals surface area contributed by atoms with E-state index in [1.165, 1.54) is 0 Å².